The summed E-state index contributed by atoms with van der Waals surface area (Å²) in [5.41, 5.74) is 2.74. The number of likely N-dealkylation sites (tertiary alicyclic amines) is 1. The Labute approximate surface area is 103 Å². The van der Waals surface area contributed by atoms with Crippen molar-refractivity contribution >= 4 is 10.9 Å². The van der Waals surface area contributed by atoms with Gasteiger partial charge in [0, 0.05) is 23.1 Å². The van der Waals surface area contributed by atoms with Gasteiger partial charge in [-0.3, -0.25) is 0 Å². The standard InChI is InChI=1S/C15H20N2/c1-17-10-4-5-13(17)9-8-12-11-16-15-7-3-2-6-14(12)15/h2-3,6-7,11,13,16H,4-5,8-10H2,1H3. The average Bonchev–Trinajstić information content (AvgIpc) is 2.93. The molecule has 2 aromatic rings. The van der Waals surface area contributed by atoms with E-state index in [9.17, 15) is 0 Å². The Hall–Kier alpha value is -1.28. The van der Waals surface area contributed by atoms with E-state index >= 15 is 0 Å². The normalized spacial score (nSPS) is 21.4. The number of benzene rings is 1. The maximum Gasteiger partial charge on any atom is 0.0456 e. The molecule has 1 atom stereocenters. The number of nitrogens with one attached hydrogen (secondary N) is 1. The number of nitrogens with zero attached hydrogens (tertiary/aromatic N) is 1. The second-order valence-corrected chi connectivity index (χ2v) is 5.17. The van der Waals surface area contributed by atoms with Gasteiger partial charge in [0.25, 0.3) is 0 Å². The number of rotatable bonds is 3. The Kier molecular flexibility index (Phi) is 2.89. The summed E-state index contributed by atoms with van der Waals surface area (Å²) in [6.07, 6.45) is 7.41. The fourth-order valence-corrected chi connectivity index (χ4v) is 3.00. The highest BCUT2D eigenvalue weighted by molar-refractivity contribution is 5.82. The molecule has 0 radical (unpaired) electrons. The highest BCUT2D eigenvalue weighted by Gasteiger charge is 2.20. The molecular weight excluding hydrogens is 208 g/mol. The lowest BCUT2D eigenvalue weighted by molar-refractivity contribution is 0.297. The van der Waals surface area contributed by atoms with Crippen molar-refractivity contribution in [1.82, 2.24) is 9.88 Å². The zero-order chi connectivity index (χ0) is 11.7. The van der Waals surface area contributed by atoms with Crippen molar-refractivity contribution in [2.24, 2.45) is 0 Å². The van der Waals surface area contributed by atoms with Gasteiger partial charge >= 0.3 is 0 Å². The summed E-state index contributed by atoms with van der Waals surface area (Å²) in [5, 5.41) is 1.40. The van der Waals surface area contributed by atoms with Crippen LogP contribution in [0.2, 0.25) is 0 Å². The number of aromatic nitrogens is 1. The summed E-state index contributed by atoms with van der Waals surface area (Å²) in [6, 6.07) is 9.39. The van der Waals surface area contributed by atoms with Crippen molar-refractivity contribution in [2.45, 2.75) is 31.7 Å². The van der Waals surface area contributed by atoms with Gasteiger partial charge < -0.3 is 9.88 Å². The number of hydrogen-bond acceptors (Lipinski definition) is 1. The molecular formula is C15H20N2. The Morgan fingerprint density at radius 3 is 3.06 bits per heavy atom. The molecule has 1 fully saturated rings. The van der Waals surface area contributed by atoms with Crippen LogP contribution in [0.1, 0.15) is 24.8 Å². The molecule has 0 saturated carbocycles. The van der Waals surface area contributed by atoms with Crippen molar-refractivity contribution in [2.75, 3.05) is 13.6 Å². The summed E-state index contributed by atoms with van der Waals surface area (Å²) < 4.78 is 0. The molecule has 1 aromatic heterocycles. The first-order chi connectivity index (χ1) is 8.34. The van der Waals surface area contributed by atoms with Crippen molar-refractivity contribution in [3.8, 4) is 0 Å². The van der Waals surface area contributed by atoms with E-state index in [1.54, 1.807) is 0 Å². The molecule has 17 heavy (non-hydrogen) atoms. The van der Waals surface area contributed by atoms with Crippen LogP contribution in [-0.4, -0.2) is 29.5 Å². The molecule has 1 aliphatic heterocycles. The minimum absolute atomic E-state index is 0.795. The van der Waals surface area contributed by atoms with Gasteiger partial charge in [-0.15, -0.1) is 0 Å². The second kappa shape index (κ2) is 4.53. The third-order valence-corrected chi connectivity index (χ3v) is 4.09. The SMILES string of the molecule is CN1CCCC1CCc1c[nH]c2ccccc12. The van der Waals surface area contributed by atoms with Crippen LogP contribution in [0.4, 0.5) is 0 Å². The van der Waals surface area contributed by atoms with Gasteiger partial charge in [-0.2, -0.15) is 0 Å². The lowest BCUT2D eigenvalue weighted by atomic mass is 10.0. The highest BCUT2D eigenvalue weighted by Crippen LogP contribution is 2.23. The average molecular weight is 228 g/mol. The van der Waals surface area contributed by atoms with E-state index in [1.807, 2.05) is 0 Å². The largest absolute Gasteiger partial charge is 0.361 e. The third-order valence-electron chi connectivity index (χ3n) is 4.09. The van der Waals surface area contributed by atoms with Crippen molar-refractivity contribution in [3.63, 3.8) is 0 Å². The van der Waals surface area contributed by atoms with Crippen LogP contribution >= 0.6 is 0 Å². The van der Waals surface area contributed by atoms with Crippen LogP contribution in [-0.2, 0) is 6.42 Å². The lowest BCUT2D eigenvalue weighted by Crippen LogP contribution is -2.25. The molecule has 90 valence electrons. The fraction of sp³-hybridized carbons (Fsp3) is 0.467. The van der Waals surface area contributed by atoms with Crippen LogP contribution in [0.3, 0.4) is 0 Å². The van der Waals surface area contributed by atoms with Crippen molar-refractivity contribution in [1.29, 1.82) is 0 Å². The van der Waals surface area contributed by atoms with Crippen LogP contribution in [0.25, 0.3) is 10.9 Å². The molecule has 2 heterocycles. The molecule has 2 heteroatoms. The maximum absolute atomic E-state index is 3.36. The predicted octanol–water partition coefficient (Wildman–Crippen LogP) is 3.19. The number of hydrogen-bond donors (Lipinski definition) is 1. The first kappa shape index (κ1) is 10.8. The number of aryl methyl sites for hydroxylation is 1. The monoisotopic (exact) mass is 228 g/mol. The number of aromatic amines is 1. The smallest absolute Gasteiger partial charge is 0.0456 e. The molecule has 0 aliphatic carbocycles. The summed E-state index contributed by atoms with van der Waals surface area (Å²) >= 11 is 0. The Morgan fingerprint density at radius 2 is 2.24 bits per heavy atom. The molecule has 0 bridgehead atoms. The Bertz CT molecular complexity index is 500. The first-order valence-corrected chi connectivity index (χ1v) is 6.60. The van der Waals surface area contributed by atoms with Gasteiger partial charge in [0.15, 0.2) is 0 Å². The van der Waals surface area contributed by atoms with Gasteiger partial charge in [0.1, 0.15) is 0 Å². The first-order valence-electron chi connectivity index (χ1n) is 6.60. The van der Waals surface area contributed by atoms with Crippen LogP contribution in [0.5, 0.6) is 0 Å². The topological polar surface area (TPSA) is 19.0 Å². The maximum atomic E-state index is 3.36. The predicted molar refractivity (Wildman–Crippen MR) is 72.3 cm³/mol. The summed E-state index contributed by atoms with van der Waals surface area (Å²) in [7, 11) is 2.26. The van der Waals surface area contributed by atoms with Crippen LogP contribution in [0, 0.1) is 0 Å². The quantitative estimate of drug-likeness (QED) is 0.854. The van der Waals surface area contributed by atoms with E-state index in [0.29, 0.717) is 0 Å². The van der Waals surface area contributed by atoms with E-state index in [2.05, 4.69) is 47.4 Å². The van der Waals surface area contributed by atoms with Gasteiger partial charge in [0.05, 0.1) is 0 Å². The minimum atomic E-state index is 0.795. The minimum Gasteiger partial charge on any atom is -0.361 e. The van der Waals surface area contributed by atoms with E-state index in [-0.39, 0.29) is 0 Å². The second-order valence-electron chi connectivity index (χ2n) is 5.17. The summed E-state index contributed by atoms with van der Waals surface area (Å²) in [5.74, 6) is 0. The number of H-pyrrole nitrogens is 1. The Morgan fingerprint density at radius 1 is 1.35 bits per heavy atom. The zero-order valence-corrected chi connectivity index (χ0v) is 10.4. The molecule has 1 aliphatic rings. The summed E-state index contributed by atoms with van der Waals surface area (Å²) in [4.78, 5) is 5.87. The molecule has 0 amide bonds. The van der Waals surface area contributed by atoms with E-state index in [1.165, 1.54) is 48.7 Å². The molecule has 0 spiro atoms. The van der Waals surface area contributed by atoms with Crippen molar-refractivity contribution in [3.05, 3.63) is 36.0 Å². The van der Waals surface area contributed by atoms with Gasteiger partial charge in [-0.05, 0) is 50.9 Å². The van der Waals surface area contributed by atoms with E-state index < -0.39 is 0 Å². The fourth-order valence-electron chi connectivity index (χ4n) is 3.00. The molecule has 2 nitrogen and oxygen atoms in total. The van der Waals surface area contributed by atoms with Crippen molar-refractivity contribution < 1.29 is 0 Å². The van der Waals surface area contributed by atoms with Crippen LogP contribution < -0.4 is 0 Å². The molecule has 1 N–H and O–H groups in total. The van der Waals surface area contributed by atoms with E-state index in [0.717, 1.165) is 6.04 Å². The zero-order valence-electron chi connectivity index (χ0n) is 10.4. The lowest BCUT2D eigenvalue weighted by Gasteiger charge is -2.18. The molecule has 1 unspecified atom stereocenters. The number of fused-ring (bicyclic) bond motifs is 1. The number of para-hydroxylation sites is 1. The van der Waals surface area contributed by atoms with E-state index in [4.69, 9.17) is 0 Å². The molecule has 1 aromatic carbocycles. The molecule has 1 saturated heterocycles. The summed E-state index contributed by atoms with van der Waals surface area (Å²) in [6.45, 7) is 1.28. The Balaban J connectivity index is 1.72. The molecule has 3 rings (SSSR count). The van der Waals surface area contributed by atoms with Gasteiger partial charge in [0.2, 0.25) is 0 Å². The highest BCUT2D eigenvalue weighted by atomic mass is 15.1. The third kappa shape index (κ3) is 2.09. The van der Waals surface area contributed by atoms with Gasteiger partial charge in [-0.25, -0.2) is 0 Å². The van der Waals surface area contributed by atoms with Gasteiger partial charge in [-0.1, -0.05) is 18.2 Å². The van der Waals surface area contributed by atoms with Crippen LogP contribution in [0.15, 0.2) is 30.5 Å².